The molecule has 4 N–H and O–H groups in total. The summed E-state index contributed by atoms with van der Waals surface area (Å²) in [6, 6.07) is 0.305. The van der Waals surface area contributed by atoms with E-state index >= 15 is 0 Å². The lowest BCUT2D eigenvalue weighted by atomic mass is 9.80. The zero-order chi connectivity index (χ0) is 16.8. The summed E-state index contributed by atoms with van der Waals surface area (Å²) in [6.07, 6.45) is -4.21. The highest BCUT2D eigenvalue weighted by molar-refractivity contribution is 5.43. The maximum absolute atomic E-state index is 12.9. The van der Waals surface area contributed by atoms with Gasteiger partial charge in [0.05, 0.1) is 16.7 Å². The standard InChI is InChI=1S/C14H12F6N2/c15-13(16,17)9-5-8(6-10(7-9)14(18,19)20)12(22)4-2-1-3-11(12)21/h1-7,11H,21-22H2. The minimum Gasteiger partial charge on any atom is -0.322 e. The molecule has 2 rings (SSSR count). The molecule has 1 aromatic carbocycles. The van der Waals surface area contributed by atoms with Gasteiger partial charge in [-0.25, -0.2) is 0 Å². The van der Waals surface area contributed by atoms with E-state index in [1.54, 1.807) is 0 Å². The van der Waals surface area contributed by atoms with Crippen molar-refractivity contribution >= 4 is 0 Å². The quantitative estimate of drug-likeness (QED) is 0.779. The van der Waals surface area contributed by atoms with Crippen LogP contribution in [0.1, 0.15) is 16.7 Å². The van der Waals surface area contributed by atoms with E-state index in [1.165, 1.54) is 24.3 Å². The molecule has 2 atom stereocenters. The molecule has 2 unspecified atom stereocenters. The van der Waals surface area contributed by atoms with Crippen molar-refractivity contribution in [2.24, 2.45) is 11.5 Å². The van der Waals surface area contributed by atoms with Gasteiger partial charge in [-0.3, -0.25) is 0 Å². The van der Waals surface area contributed by atoms with Crippen LogP contribution in [0.25, 0.3) is 0 Å². The van der Waals surface area contributed by atoms with Gasteiger partial charge in [-0.2, -0.15) is 26.3 Å². The molecule has 0 saturated heterocycles. The van der Waals surface area contributed by atoms with E-state index < -0.39 is 35.1 Å². The van der Waals surface area contributed by atoms with Crippen LogP contribution in [0.15, 0.2) is 42.5 Å². The summed E-state index contributed by atoms with van der Waals surface area (Å²) in [7, 11) is 0. The van der Waals surface area contributed by atoms with E-state index in [-0.39, 0.29) is 11.6 Å². The Morgan fingerprint density at radius 3 is 1.77 bits per heavy atom. The van der Waals surface area contributed by atoms with Gasteiger partial charge in [0, 0.05) is 6.04 Å². The Balaban J connectivity index is 2.66. The van der Waals surface area contributed by atoms with E-state index in [0.29, 0.717) is 12.1 Å². The lowest BCUT2D eigenvalue weighted by molar-refractivity contribution is -0.143. The smallest absolute Gasteiger partial charge is 0.322 e. The van der Waals surface area contributed by atoms with Crippen molar-refractivity contribution in [3.63, 3.8) is 0 Å². The SMILES string of the molecule is NC1C=CC=CC1(N)c1cc(C(F)(F)F)cc(C(F)(F)F)c1. The van der Waals surface area contributed by atoms with E-state index in [2.05, 4.69) is 0 Å². The maximum Gasteiger partial charge on any atom is 0.416 e. The third-order valence-electron chi connectivity index (χ3n) is 3.44. The third-order valence-corrected chi connectivity index (χ3v) is 3.44. The monoisotopic (exact) mass is 322 g/mol. The van der Waals surface area contributed by atoms with Gasteiger partial charge in [0.1, 0.15) is 0 Å². The van der Waals surface area contributed by atoms with E-state index in [9.17, 15) is 26.3 Å². The van der Waals surface area contributed by atoms with Crippen molar-refractivity contribution in [1.82, 2.24) is 0 Å². The average molecular weight is 322 g/mol. The zero-order valence-corrected chi connectivity index (χ0v) is 11.0. The summed E-state index contributed by atoms with van der Waals surface area (Å²) in [6.45, 7) is 0. The fourth-order valence-corrected chi connectivity index (χ4v) is 2.16. The van der Waals surface area contributed by atoms with Crippen molar-refractivity contribution in [2.75, 3.05) is 0 Å². The number of allylic oxidation sites excluding steroid dienone is 2. The normalized spacial score (nSPS) is 25.5. The van der Waals surface area contributed by atoms with Crippen LogP contribution in [0, 0.1) is 0 Å². The molecular weight excluding hydrogens is 310 g/mol. The van der Waals surface area contributed by atoms with Gasteiger partial charge in [0.25, 0.3) is 0 Å². The molecule has 8 heteroatoms. The molecule has 120 valence electrons. The molecule has 0 heterocycles. The lowest BCUT2D eigenvalue weighted by Crippen LogP contribution is -2.51. The molecule has 0 aromatic heterocycles. The largest absolute Gasteiger partial charge is 0.416 e. The van der Waals surface area contributed by atoms with E-state index in [4.69, 9.17) is 11.5 Å². The molecular formula is C14H12F6N2. The van der Waals surface area contributed by atoms with Gasteiger partial charge >= 0.3 is 12.4 Å². The first kappa shape index (κ1) is 16.6. The molecule has 1 aliphatic rings. The van der Waals surface area contributed by atoms with Gasteiger partial charge < -0.3 is 11.5 Å². The van der Waals surface area contributed by atoms with Gasteiger partial charge in [0.2, 0.25) is 0 Å². The van der Waals surface area contributed by atoms with Crippen LogP contribution in [0.5, 0.6) is 0 Å². The fraction of sp³-hybridized carbons (Fsp3) is 0.286. The van der Waals surface area contributed by atoms with Gasteiger partial charge in [-0.1, -0.05) is 24.3 Å². The first-order valence-corrected chi connectivity index (χ1v) is 6.15. The van der Waals surface area contributed by atoms with Crippen LogP contribution in [-0.4, -0.2) is 6.04 Å². The van der Waals surface area contributed by atoms with Crippen LogP contribution in [0.3, 0.4) is 0 Å². The van der Waals surface area contributed by atoms with Crippen molar-refractivity contribution in [3.05, 3.63) is 59.2 Å². The first-order chi connectivity index (χ1) is 9.94. The molecule has 0 spiro atoms. The van der Waals surface area contributed by atoms with Crippen molar-refractivity contribution in [3.8, 4) is 0 Å². The van der Waals surface area contributed by atoms with Gasteiger partial charge in [-0.15, -0.1) is 0 Å². The average Bonchev–Trinajstić information content (AvgIpc) is 2.40. The van der Waals surface area contributed by atoms with Crippen LogP contribution in [-0.2, 0) is 17.9 Å². The summed E-state index contributed by atoms with van der Waals surface area (Å²) in [4.78, 5) is 0. The molecule has 22 heavy (non-hydrogen) atoms. The second kappa shape index (κ2) is 5.13. The minimum absolute atomic E-state index is 0.0563. The van der Waals surface area contributed by atoms with Crippen molar-refractivity contribution in [2.45, 2.75) is 23.9 Å². The highest BCUT2D eigenvalue weighted by Gasteiger charge is 2.40. The number of hydrogen-bond donors (Lipinski definition) is 2. The van der Waals surface area contributed by atoms with Gasteiger partial charge in [0.15, 0.2) is 0 Å². The molecule has 1 aliphatic carbocycles. The Kier molecular flexibility index (Phi) is 3.87. The predicted octanol–water partition coefficient (Wildman–Crippen LogP) is 3.33. The second-order valence-corrected chi connectivity index (χ2v) is 5.00. The summed E-state index contributed by atoms with van der Waals surface area (Å²) >= 11 is 0. The highest BCUT2D eigenvalue weighted by atomic mass is 19.4. The summed E-state index contributed by atoms with van der Waals surface area (Å²) in [5.41, 5.74) is 6.86. The Labute approximate surface area is 122 Å². The molecule has 0 bridgehead atoms. The molecule has 0 amide bonds. The number of hydrogen-bond acceptors (Lipinski definition) is 2. The maximum atomic E-state index is 12.9. The summed E-state index contributed by atoms with van der Waals surface area (Å²) in [5.74, 6) is 0. The Morgan fingerprint density at radius 2 is 1.36 bits per heavy atom. The molecule has 0 radical (unpaired) electrons. The molecule has 0 aliphatic heterocycles. The lowest BCUT2D eigenvalue weighted by Gasteiger charge is -2.34. The Hall–Kier alpha value is -1.80. The van der Waals surface area contributed by atoms with Gasteiger partial charge in [-0.05, 0) is 23.8 Å². The van der Waals surface area contributed by atoms with Crippen LogP contribution >= 0.6 is 0 Å². The fourth-order valence-electron chi connectivity index (χ4n) is 2.16. The third kappa shape index (κ3) is 3.02. The number of nitrogens with two attached hydrogens (primary N) is 2. The molecule has 2 nitrogen and oxygen atoms in total. The highest BCUT2D eigenvalue weighted by Crippen LogP contribution is 2.39. The van der Waals surface area contributed by atoms with Crippen LogP contribution in [0.4, 0.5) is 26.3 Å². The minimum atomic E-state index is -4.93. The summed E-state index contributed by atoms with van der Waals surface area (Å²) in [5, 5.41) is 0. The number of halogens is 6. The van der Waals surface area contributed by atoms with Crippen molar-refractivity contribution < 1.29 is 26.3 Å². The topological polar surface area (TPSA) is 52.0 Å². The molecule has 1 aromatic rings. The predicted molar refractivity (Wildman–Crippen MR) is 68.6 cm³/mol. The summed E-state index contributed by atoms with van der Waals surface area (Å²) < 4.78 is 77.1. The first-order valence-electron chi connectivity index (χ1n) is 6.15. The van der Waals surface area contributed by atoms with E-state index in [1.807, 2.05) is 0 Å². The Bertz CT molecular complexity index is 597. The molecule has 0 fully saturated rings. The number of benzene rings is 1. The van der Waals surface area contributed by atoms with Crippen LogP contribution < -0.4 is 11.5 Å². The number of rotatable bonds is 1. The van der Waals surface area contributed by atoms with Crippen molar-refractivity contribution in [1.29, 1.82) is 0 Å². The molecule has 0 saturated carbocycles. The zero-order valence-electron chi connectivity index (χ0n) is 11.0. The second-order valence-electron chi connectivity index (χ2n) is 5.00. The van der Waals surface area contributed by atoms with E-state index in [0.717, 1.165) is 0 Å². The Morgan fingerprint density at radius 1 is 0.864 bits per heavy atom. The number of alkyl halides is 6. The van der Waals surface area contributed by atoms with Crippen LogP contribution in [0.2, 0.25) is 0 Å².